The van der Waals surface area contributed by atoms with Gasteiger partial charge in [-0.15, -0.1) is 0 Å². The third kappa shape index (κ3) is 4.71. The molecule has 0 spiro atoms. The summed E-state index contributed by atoms with van der Waals surface area (Å²) in [6.07, 6.45) is 1.66. The second-order valence-corrected chi connectivity index (χ2v) is 10.6. The maximum atomic E-state index is 13.9. The number of aromatic nitrogens is 1. The molecule has 0 aliphatic carbocycles. The van der Waals surface area contributed by atoms with Gasteiger partial charge >= 0.3 is 11.9 Å². The van der Waals surface area contributed by atoms with Gasteiger partial charge in [-0.25, -0.2) is 14.6 Å². The van der Waals surface area contributed by atoms with Crippen molar-refractivity contribution in [3.63, 3.8) is 0 Å². The van der Waals surface area contributed by atoms with Gasteiger partial charge < -0.3 is 23.4 Å². The summed E-state index contributed by atoms with van der Waals surface area (Å²) in [6.45, 7) is 5.61. The largest absolute Gasteiger partial charge is 0.465 e. The van der Waals surface area contributed by atoms with E-state index in [4.69, 9.17) is 23.4 Å². The van der Waals surface area contributed by atoms with Gasteiger partial charge in [-0.3, -0.25) is 9.36 Å². The Morgan fingerprint density at radius 1 is 1.07 bits per heavy atom. The number of fused-ring (bicyclic) bond motifs is 2. The molecule has 4 aromatic rings. The zero-order chi connectivity index (χ0) is 29.5. The molecule has 11 heteroatoms. The third-order valence-corrected chi connectivity index (χ3v) is 8.03. The van der Waals surface area contributed by atoms with Crippen molar-refractivity contribution in [3.05, 3.63) is 102 Å². The molecule has 0 amide bonds. The normalized spacial score (nSPS) is 15.8. The Kier molecular flexibility index (Phi) is 7.03. The van der Waals surface area contributed by atoms with Crippen molar-refractivity contribution in [2.75, 3.05) is 20.5 Å². The van der Waals surface area contributed by atoms with Gasteiger partial charge in [0.05, 0.1) is 41.1 Å². The predicted octanol–water partition coefficient (Wildman–Crippen LogP) is 3.88. The summed E-state index contributed by atoms with van der Waals surface area (Å²) in [5.74, 6) is 1.22. The summed E-state index contributed by atoms with van der Waals surface area (Å²) < 4.78 is 29.2. The number of furan rings is 1. The van der Waals surface area contributed by atoms with Crippen LogP contribution in [0.15, 0.2) is 74.0 Å². The number of nitrogens with zero attached hydrogens (tertiary/aromatic N) is 2. The van der Waals surface area contributed by atoms with E-state index in [9.17, 15) is 14.4 Å². The molecule has 0 saturated carbocycles. The van der Waals surface area contributed by atoms with E-state index in [-0.39, 0.29) is 24.5 Å². The Morgan fingerprint density at radius 2 is 1.88 bits per heavy atom. The maximum absolute atomic E-state index is 13.9. The van der Waals surface area contributed by atoms with E-state index in [1.54, 1.807) is 62.4 Å². The average Bonchev–Trinajstić information content (AvgIpc) is 3.71. The van der Waals surface area contributed by atoms with E-state index in [0.717, 1.165) is 11.1 Å². The van der Waals surface area contributed by atoms with Crippen LogP contribution in [0.4, 0.5) is 0 Å². The monoisotopic (exact) mass is 586 g/mol. The van der Waals surface area contributed by atoms with Crippen molar-refractivity contribution in [2.24, 2.45) is 4.99 Å². The molecule has 1 atom stereocenters. The molecule has 2 aromatic heterocycles. The summed E-state index contributed by atoms with van der Waals surface area (Å²) >= 11 is 1.20. The van der Waals surface area contributed by atoms with Crippen molar-refractivity contribution in [3.8, 4) is 22.8 Å². The summed E-state index contributed by atoms with van der Waals surface area (Å²) in [6, 6.07) is 13.3. The highest BCUT2D eigenvalue weighted by atomic mass is 32.1. The number of hydrogen-bond donors (Lipinski definition) is 0. The Balaban J connectivity index is 1.43. The number of benzene rings is 2. The zero-order valence-corrected chi connectivity index (χ0v) is 24.1. The maximum Gasteiger partial charge on any atom is 0.338 e. The molecule has 6 rings (SSSR count). The van der Waals surface area contributed by atoms with Gasteiger partial charge in [0, 0.05) is 11.6 Å². The lowest BCUT2D eigenvalue weighted by atomic mass is 9.95. The molecule has 0 radical (unpaired) electrons. The van der Waals surface area contributed by atoms with Gasteiger partial charge in [0.2, 0.25) is 6.79 Å². The summed E-state index contributed by atoms with van der Waals surface area (Å²) in [7, 11) is 1.34. The van der Waals surface area contributed by atoms with Gasteiger partial charge in [-0.2, -0.15) is 0 Å². The van der Waals surface area contributed by atoms with E-state index >= 15 is 0 Å². The molecule has 0 unspecified atom stereocenters. The highest BCUT2D eigenvalue weighted by Crippen LogP contribution is 2.38. The zero-order valence-electron chi connectivity index (χ0n) is 23.3. The van der Waals surface area contributed by atoms with Crippen molar-refractivity contribution >= 4 is 29.4 Å². The predicted molar refractivity (Wildman–Crippen MR) is 153 cm³/mol. The lowest BCUT2D eigenvalue weighted by Gasteiger charge is -2.24. The number of esters is 2. The molecule has 4 heterocycles. The van der Waals surface area contributed by atoms with Gasteiger partial charge in [0.25, 0.3) is 5.56 Å². The van der Waals surface area contributed by atoms with Crippen molar-refractivity contribution in [1.82, 2.24) is 4.57 Å². The molecule has 2 aliphatic rings. The quantitative estimate of drug-likeness (QED) is 0.313. The SMILES string of the molecule is CCOC(=O)C1=C(C)N=c2s/c(=C/c3ccc(-c4ccc(C(=O)OC)cc4C)o3)c(=O)n2[C@H]1c1ccc2c(c1)OCO2. The lowest BCUT2D eigenvalue weighted by Crippen LogP contribution is -2.39. The summed E-state index contributed by atoms with van der Waals surface area (Å²) in [5.41, 5.74) is 3.17. The molecule has 2 aliphatic heterocycles. The molecular formula is C31H26N2O8S. The first-order valence-electron chi connectivity index (χ1n) is 13.2. The fourth-order valence-corrected chi connectivity index (χ4v) is 6.11. The number of hydrogen-bond acceptors (Lipinski definition) is 10. The number of carbonyl (C=O) groups is 2. The first-order valence-corrected chi connectivity index (χ1v) is 14.0. The molecule has 214 valence electrons. The molecule has 0 saturated heterocycles. The van der Waals surface area contributed by atoms with Crippen LogP contribution >= 0.6 is 11.3 Å². The van der Waals surface area contributed by atoms with Gasteiger partial charge in [0.15, 0.2) is 16.3 Å². The lowest BCUT2D eigenvalue weighted by molar-refractivity contribution is -0.139. The minimum atomic E-state index is -0.778. The van der Waals surface area contributed by atoms with E-state index < -0.39 is 18.0 Å². The van der Waals surface area contributed by atoms with Crippen LogP contribution in [0.2, 0.25) is 0 Å². The number of rotatable bonds is 6. The first kappa shape index (κ1) is 27.3. The van der Waals surface area contributed by atoms with Crippen LogP contribution in [0.25, 0.3) is 17.4 Å². The van der Waals surface area contributed by atoms with Crippen LogP contribution in [0.1, 0.15) is 47.1 Å². The molecule has 10 nitrogen and oxygen atoms in total. The van der Waals surface area contributed by atoms with E-state index in [1.807, 2.05) is 13.0 Å². The Bertz CT molecular complexity index is 1960. The minimum Gasteiger partial charge on any atom is -0.465 e. The molecule has 42 heavy (non-hydrogen) atoms. The molecule has 0 bridgehead atoms. The number of allylic oxidation sites excluding steroid dienone is 1. The van der Waals surface area contributed by atoms with Crippen LogP contribution in [0.5, 0.6) is 11.5 Å². The fraction of sp³-hybridized carbons (Fsp3) is 0.226. The Labute approximate surface area is 243 Å². The van der Waals surface area contributed by atoms with E-state index in [2.05, 4.69) is 4.99 Å². The van der Waals surface area contributed by atoms with E-state index in [1.165, 1.54) is 23.0 Å². The Morgan fingerprint density at radius 3 is 2.64 bits per heavy atom. The topological polar surface area (TPSA) is 119 Å². The van der Waals surface area contributed by atoms with Crippen molar-refractivity contribution in [2.45, 2.75) is 26.8 Å². The number of aryl methyl sites for hydroxylation is 1. The smallest absolute Gasteiger partial charge is 0.338 e. The fourth-order valence-electron chi connectivity index (χ4n) is 5.08. The minimum absolute atomic E-state index is 0.0984. The second kappa shape index (κ2) is 10.8. The highest BCUT2D eigenvalue weighted by molar-refractivity contribution is 7.07. The van der Waals surface area contributed by atoms with Gasteiger partial charge in [0.1, 0.15) is 11.5 Å². The van der Waals surface area contributed by atoms with Gasteiger partial charge in [-0.05, 0) is 68.3 Å². The van der Waals surface area contributed by atoms with Crippen molar-refractivity contribution in [1.29, 1.82) is 0 Å². The molecule has 2 aromatic carbocycles. The van der Waals surface area contributed by atoms with Crippen LogP contribution in [0.3, 0.4) is 0 Å². The summed E-state index contributed by atoms with van der Waals surface area (Å²) in [5, 5.41) is 0. The molecular weight excluding hydrogens is 560 g/mol. The van der Waals surface area contributed by atoms with Crippen LogP contribution in [0, 0.1) is 6.92 Å². The van der Waals surface area contributed by atoms with Crippen LogP contribution in [-0.4, -0.2) is 37.0 Å². The first-order chi connectivity index (χ1) is 20.3. The number of thiazole rings is 1. The van der Waals surface area contributed by atoms with Crippen LogP contribution in [-0.2, 0) is 14.3 Å². The summed E-state index contributed by atoms with van der Waals surface area (Å²) in [4.78, 5) is 44.0. The van der Waals surface area contributed by atoms with Crippen molar-refractivity contribution < 1.29 is 33.0 Å². The van der Waals surface area contributed by atoms with Crippen LogP contribution < -0.4 is 24.4 Å². The Hall–Kier alpha value is -4.90. The number of methoxy groups -OCH3 is 1. The standard InChI is InChI=1S/C31H26N2O8S/c1-5-38-30(36)26-17(3)32-31-33(27(26)18-7-10-23-24(13-18)40-15-39-23)28(34)25(42-31)14-20-8-11-22(41-20)21-9-6-19(12-16(21)2)29(35)37-4/h6-14,27H,5,15H2,1-4H3/b25-14+/t27-/m0/s1. The second-order valence-electron chi connectivity index (χ2n) is 9.64. The molecule has 0 N–H and O–H groups in total. The average molecular weight is 587 g/mol. The number of carbonyl (C=O) groups excluding carboxylic acids is 2. The van der Waals surface area contributed by atoms with E-state index in [0.29, 0.717) is 49.2 Å². The number of ether oxygens (including phenoxy) is 4. The molecule has 0 fully saturated rings. The van der Waals surface area contributed by atoms with Gasteiger partial charge in [-0.1, -0.05) is 23.5 Å². The third-order valence-electron chi connectivity index (χ3n) is 7.04. The highest BCUT2D eigenvalue weighted by Gasteiger charge is 2.34.